The molecule has 8 aromatic heterocycles. The summed E-state index contributed by atoms with van der Waals surface area (Å²) in [6.07, 6.45) is 23.0. The summed E-state index contributed by atoms with van der Waals surface area (Å²) in [5.41, 5.74) is 8.70. The summed E-state index contributed by atoms with van der Waals surface area (Å²) in [6, 6.07) is 7.89. The van der Waals surface area contributed by atoms with Crippen LogP contribution in [0, 0.1) is 0 Å². The SMILES string of the molecule is Cn1cc(Nc2nccc(-c3cc4c(cn3)C(CC(=O)c3nnc(C(C)(C)C)o3)CCCC4)n2)cn1.Cn1cc(Nc2nccc(-c3cc4c(cn3)[C@H](CC(=O)c3nnc(C(C)(C)C)o3)CCCC4)n2)cn1. The van der Waals surface area contributed by atoms with Crippen LogP contribution in [0.1, 0.15) is 160 Å². The molecule has 2 atom stereocenters. The number of hydrogen-bond acceptors (Lipinski definition) is 18. The van der Waals surface area contributed by atoms with E-state index in [0.717, 1.165) is 96.6 Å². The first-order valence-corrected chi connectivity index (χ1v) is 24.4. The Bertz CT molecular complexity index is 2980. The third kappa shape index (κ3) is 11.8. The van der Waals surface area contributed by atoms with Crippen LogP contribution in [0.3, 0.4) is 0 Å². The van der Waals surface area contributed by atoms with Gasteiger partial charge in [-0.2, -0.15) is 10.2 Å². The van der Waals surface area contributed by atoms with Crippen molar-refractivity contribution in [2.24, 2.45) is 14.1 Å². The lowest BCUT2D eigenvalue weighted by Crippen LogP contribution is -2.11. The van der Waals surface area contributed by atoms with Crippen LogP contribution >= 0.6 is 0 Å². The zero-order chi connectivity index (χ0) is 50.6. The number of carbonyl (C=O) groups excluding carboxylic acids is 2. The predicted octanol–water partition coefficient (Wildman–Crippen LogP) is 9.56. The number of aromatic nitrogens is 14. The predicted molar refractivity (Wildman–Crippen MR) is 268 cm³/mol. The number of nitrogens with one attached hydrogen (secondary N) is 2. The molecule has 10 rings (SSSR count). The standard InChI is InChI=1S/2C26H30N8O2/c2*1-26(2,3)24-33-32-23(36-24)22(35)12-17-8-6-5-7-16-11-21(28-14-19(16)17)20-9-10-27-25(31-20)30-18-13-29-34(4)15-18/h2*9-11,13-15,17H,5-8,12H2,1-4H3,(H,27,30,31)/t17-;/m0./s1. The maximum absolute atomic E-state index is 13.0. The van der Waals surface area contributed by atoms with Gasteiger partial charge in [0.1, 0.15) is 0 Å². The van der Waals surface area contributed by atoms with E-state index in [1.54, 1.807) is 34.2 Å². The number of Topliss-reactive ketones (excluding diaryl/α,β-unsaturated/α-hetero) is 2. The van der Waals surface area contributed by atoms with Crippen molar-refractivity contribution in [3.05, 3.63) is 120 Å². The van der Waals surface area contributed by atoms with Crippen LogP contribution in [0.5, 0.6) is 0 Å². The molecule has 8 heterocycles. The van der Waals surface area contributed by atoms with Crippen molar-refractivity contribution < 1.29 is 18.4 Å². The van der Waals surface area contributed by atoms with Gasteiger partial charge in [0.15, 0.2) is 0 Å². The summed E-state index contributed by atoms with van der Waals surface area (Å²) in [4.78, 5) is 53.4. The number of ketones is 2. The van der Waals surface area contributed by atoms with Crippen molar-refractivity contribution in [3.8, 4) is 22.8 Å². The van der Waals surface area contributed by atoms with Crippen molar-refractivity contribution in [2.75, 3.05) is 10.6 Å². The highest BCUT2D eigenvalue weighted by atomic mass is 16.4. The van der Waals surface area contributed by atoms with Gasteiger partial charge in [-0.3, -0.25) is 28.9 Å². The number of rotatable bonds is 12. The number of aryl methyl sites for hydroxylation is 4. The summed E-state index contributed by atoms with van der Waals surface area (Å²) in [7, 11) is 3.71. The van der Waals surface area contributed by atoms with Crippen LogP contribution < -0.4 is 10.6 Å². The number of carbonyl (C=O) groups is 2. The Hall–Kier alpha value is -7.90. The number of nitrogens with zero attached hydrogens (tertiary/aromatic N) is 14. The van der Waals surface area contributed by atoms with Gasteiger partial charge in [-0.15, -0.1) is 20.4 Å². The molecule has 20 nitrogen and oxygen atoms in total. The Kier molecular flexibility index (Phi) is 14.2. The third-order valence-corrected chi connectivity index (χ3v) is 12.7. The first kappa shape index (κ1) is 49.1. The van der Waals surface area contributed by atoms with Gasteiger partial charge in [0.25, 0.3) is 11.8 Å². The van der Waals surface area contributed by atoms with E-state index < -0.39 is 0 Å². The number of anilines is 4. The first-order chi connectivity index (χ1) is 34.5. The van der Waals surface area contributed by atoms with Crippen LogP contribution in [0.25, 0.3) is 22.8 Å². The van der Waals surface area contributed by atoms with E-state index in [1.807, 2.05) is 92.6 Å². The van der Waals surface area contributed by atoms with E-state index in [9.17, 15) is 9.59 Å². The van der Waals surface area contributed by atoms with Crippen molar-refractivity contribution in [1.82, 2.24) is 69.9 Å². The molecular weight excluding hydrogens is 913 g/mol. The highest BCUT2D eigenvalue weighted by molar-refractivity contribution is 5.92. The molecule has 0 aromatic carbocycles. The number of fused-ring (bicyclic) bond motifs is 2. The minimum atomic E-state index is -0.296. The molecule has 0 spiro atoms. The number of hydrogen-bond donors (Lipinski definition) is 2. The molecule has 0 saturated carbocycles. The van der Waals surface area contributed by atoms with Gasteiger partial charge in [0.05, 0.1) is 46.5 Å². The van der Waals surface area contributed by atoms with Gasteiger partial charge in [0, 0.05) is 74.9 Å². The summed E-state index contributed by atoms with van der Waals surface area (Å²) in [6.45, 7) is 11.9. The molecular formula is C52H60N16O4. The summed E-state index contributed by atoms with van der Waals surface area (Å²) in [5.74, 6) is 1.97. The van der Waals surface area contributed by atoms with Gasteiger partial charge in [-0.05, 0) is 96.9 Å². The Labute approximate surface area is 417 Å². The highest BCUT2D eigenvalue weighted by Crippen LogP contribution is 2.37. The number of pyridine rings is 2. The topological polar surface area (TPSA) is 249 Å². The monoisotopic (exact) mass is 972 g/mol. The van der Waals surface area contributed by atoms with E-state index >= 15 is 0 Å². The molecule has 72 heavy (non-hydrogen) atoms. The Balaban J connectivity index is 0.000000178. The average molecular weight is 973 g/mol. The van der Waals surface area contributed by atoms with E-state index in [0.29, 0.717) is 36.5 Å². The fraction of sp³-hybridized carbons (Fsp3) is 0.423. The lowest BCUT2D eigenvalue weighted by Gasteiger charge is -2.17. The first-order valence-electron chi connectivity index (χ1n) is 24.4. The molecule has 1 unspecified atom stereocenters. The molecule has 2 aliphatic carbocycles. The molecule has 2 aliphatic rings. The fourth-order valence-electron chi connectivity index (χ4n) is 8.86. The second-order valence-electron chi connectivity index (χ2n) is 20.6. The quantitative estimate of drug-likeness (QED) is 0.0854. The molecule has 0 bridgehead atoms. The zero-order valence-corrected chi connectivity index (χ0v) is 42.0. The Morgan fingerprint density at radius 2 is 1.01 bits per heavy atom. The van der Waals surface area contributed by atoms with Crippen LogP contribution in [0.4, 0.5) is 23.3 Å². The van der Waals surface area contributed by atoms with Crippen LogP contribution in [-0.2, 0) is 37.8 Å². The molecule has 0 radical (unpaired) electrons. The average Bonchev–Trinajstić information content (AvgIpc) is 4.17. The van der Waals surface area contributed by atoms with Gasteiger partial charge in [0.2, 0.25) is 35.2 Å². The van der Waals surface area contributed by atoms with E-state index in [1.165, 1.54) is 11.1 Å². The van der Waals surface area contributed by atoms with Gasteiger partial charge < -0.3 is 19.5 Å². The smallest absolute Gasteiger partial charge is 0.284 e. The molecule has 20 heteroatoms. The van der Waals surface area contributed by atoms with Crippen molar-refractivity contribution >= 4 is 34.8 Å². The molecule has 8 aromatic rings. The van der Waals surface area contributed by atoms with Crippen molar-refractivity contribution in [2.45, 2.75) is 128 Å². The fourth-order valence-corrected chi connectivity index (χ4v) is 8.86. The zero-order valence-electron chi connectivity index (χ0n) is 42.0. The van der Waals surface area contributed by atoms with Crippen molar-refractivity contribution in [1.29, 1.82) is 0 Å². The maximum atomic E-state index is 13.0. The lowest BCUT2D eigenvalue weighted by atomic mass is 9.89. The summed E-state index contributed by atoms with van der Waals surface area (Å²) >= 11 is 0. The van der Waals surface area contributed by atoms with Crippen molar-refractivity contribution in [3.63, 3.8) is 0 Å². The minimum Gasteiger partial charge on any atom is -0.418 e. The molecule has 0 amide bonds. The van der Waals surface area contributed by atoms with E-state index in [4.69, 9.17) is 18.8 Å². The molecule has 0 aliphatic heterocycles. The third-order valence-electron chi connectivity index (χ3n) is 12.7. The molecule has 2 N–H and O–H groups in total. The van der Waals surface area contributed by atoms with Gasteiger partial charge >= 0.3 is 0 Å². The second kappa shape index (κ2) is 20.8. The lowest BCUT2D eigenvalue weighted by molar-refractivity contribution is 0.0927. The summed E-state index contributed by atoms with van der Waals surface area (Å²) in [5, 5.41) is 30.8. The van der Waals surface area contributed by atoms with Crippen LogP contribution in [0.2, 0.25) is 0 Å². The van der Waals surface area contributed by atoms with E-state index in [-0.39, 0.29) is 46.0 Å². The molecule has 0 fully saturated rings. The summed E-state index contributed by atoms with van der Waals surface area (Å²) < 4.78 is 14.8. The van der Waals surface area contributed by atoms with Gasteiger partial charge in [-0.1, -0.05) is 54.4 Å². The highest BCUT2D eigenvalue weighted by Gasteiger charge is 2.30. The largest absolute Gasteiger partial charge is 0.418 e. The second-order valence-corrected chi connectivity index (χ2v) is 20.6. The van der Waals surface area contributed by atoms with Gasteiger partial charge in [-0.25, -0.2) is 19.9 Å². The minimum absolute atomic E-state index is 0.0646. The van der Waals surface area contributed by atoms with E-state index in [2.05, 4.69) is 73.3 Å². The normalized spacial score (nSPS) is 15.8. The van der Waals surface area contributed by atoms with Crippen LogP contribution in [0.15, 0.2) is 82.7 Å². The molecule has 372 valence electrons. The Morgan fingerprint density at radius 1 is 0.583 bits per heavy atom. The Morgan fingerprint density at radius 3 is 1.39 bits per heavy atom. The molecule has 0 saturated heterocycles. The maximum Gasteiger partial charge on any atom is 0.284 e. The van der Waals surface area contributed by atoms with Crippen LogP contribution in [-0.4, -0.2) is 81.4 Å².